The van der Waals surface area contributed by atoms with Crippen molar-refractivity contribution in [3.63, 3.8) is 0 Å². The quantitative estimate of drug-likeness (QED) is 0.186. The van der Waals surface area contributed by atoms with Crippen LogP contribution in [0.3, 0.4) is 0 Å². The third kappa shape index (κ3) is 5.57. The number of aliphatic imine (C=N–C) groups is 2. The largest absolute Gasteiger partial charge is 0.287 e. The van der Waals surface area contributed by atoms with Crippen LogP contribution in [0.5, 0.6) is 0 Å². The van der Waals surface area contributed by atoms with E-state index in [9.17, 15) is 0 Å². The molecular formula is C33H28ClN3S. The number of pyridine rings is 1. The lowest BCUT2D eigenvalue weighted by molar-refractivity contribution is 1.30. The Bertz CT molecular complexity index is 1620. The average Bonchev–Trinajstić information content (AvgIpc) is 3.31. The first-order valence-corrected chi connectivity index (χ1v) is 13.2. The van der Waals surface area contributed by atoms with Crippen LogP contribution in [-0.2, 0) is 0 Å². The molecule has 0 amide bonds. The summed E-state index contributed by atoms with van der Waals surface area (Å²) in [5, 5.41) is 1.82. The molecule has 5 rings (SSSR count). The molecule has 0 atom stereocenters. The minimum atomic E-state index is 0.683. The number of benzene rings is 2. The van der Waals surface area contributed by atoms with E-state index >= 15 is 0 Å². The molecule has 0 aliphatic heterocycles. The average molecular weight is 534 g/mol. The van der Waals surface area contributed by atoms with E-state index in [2.05, 4.69) is 79.1 Å². The second-order valence-electron chi connectivity index (χ2n) is 8.33. The predicted molar refractivity (Wildman–Crippen MR) is 168 cm³/mol. The van der Waals surface area contributed by atoms with Gasteiger partial charge in [-0.3, -0.25) is 9.98 Å². The van der Waals surface area contributed by atoms with Crippen LogP contribution in [0, 0.1) is 0 Å². The van der Waals surface area contributed by atoms with Gasteiger partial charge in [0.2, 0.25) is 0 Å². The summed E-state index contributed by atoms with van der Waals surface area (Å²) in [6.07, 6.45) is 11.7. The van der Waals surface area contributed by atoms with Crippen molar-refractivity contribution in [2.24, 2.45) is 9.98 Å². The van der Waals surface area contributed by atoms with Crippen molar-refractivity contribution >= 4 is 55.7 Å². The molecule has 0 fully saturated rings. The summed E-state index contributed by atoms with van der Waals surface area (Å²) in [6.45, 7) is 12.3. The van der Waals surface area contributed by atoms with E-state index in [1.807, 2.05) is 49.5 Å². The molecule has 2 aromatic carbocycles. The van der Waals surface area contributed by atoms with Gasteiger partial charge in [0.1, 0.15) is 0 Å². The minimum Gasteiger partial charge on any atom is -0.287 e. The molecule has 0 radical (unpaired) electrons. The van der Waals surface area contributed by atoms with E-state index in [0.29, 0.717) is 5.70 Å². The number of hydrogen-bond donors (Lipinski definition) is 0. The second kappa shape index (κ2) is 12.4. The van der Waals surface area contributed by atoms with Gasteiger partial charge in [-0.15, -0.1) is 24.5 Å². The van der Waals surface area contributed by atoms with E-state index in [4.69, 9.17) is 16.6 Å². The molecule has 0 bridgehead atoms. The lowest BCUT2D eigenvalue weighted by Crippen LogP contribution is -2.04. The molecule has 4 aromatic rings. The van der Waals surface area contributed by atoms with E-state index in [1.54, 1.807) is 23.7 Å². The van der Waals surface area contributed by atoms with Crippen LogP contribution in [0.15, 0.2) is 133 Å². The summed E-state index contributed by atoms with van der Waals surface area (Å²) >= 11 is 8.42. The van der Waals surface area contributed by atoms with Gasteiger partial charge >= 0.3 is 0 Å². The Labute approximate surface area is 233 Å². The topological polar surface area (TPSA) is 37.6 Å². The van der Waals surface area contributed by atoms with Crippen LogP contribution < -0.4 is 0 Å². The highest BCUT2D eigenvalue weighted by Crippen LogP contribution is 2.37. The highest BCUT2D eigenvalue weighted by molar-refractivity contribution is 7.21. The Morgan fingerprint density at radius 1 is 0.895 bits per heavy atom. The molecule has 0 saturated heterocycles. The number of halogens is 1. The Hall–Kier alpha value is -4.12. The van der Waals surface area contributed by atoms with Crippen LogP contribution in [0.4, 0.5) is 0 Å². The van der Waals surface area contributed by atoms with E-state index in [1.165, 1.54) is 0 Å². The number of nitrogens with zero attached hydrogens (tertiary/aromatic N) is 3. The highest BCUT2D eigenvalue weighted by Gasteiger charge is 2.17. The fourth-order valence-corrected chi connectivity index (χ4v) is 5.77. The van der Waals surface area contributed by atoms with Crippen molar-refractivity contribution in [1.82, 2.24) is 4.98 Å². The number of fused-ring (bicyclic) bond motifs is 1. The minimum absolute atomic E-state index is 0.683. The second-order valence-corrected chi connectivity index (χ2v) is 9.76. The number of rotatable bonds is 5. The van der Waals surface area contributed by atoms with E-state index in [0.717, 1.165) is 59.2 Å². The zero-order chi connectivity index (χ0) is 27.1. The standard InChI is InChI=1S/C31H24ClN3S.C2H4/c1-20(25-10-4-6-12-27(25)35-21(2)24-9-8-18-34-19-24)22-14-16-23(17-15-22)30(33-3)31-29(32)26-11-5-7-13-28(26)36-31;1-2/h4-19H,2H2,1,3H3;1-2H2/b25-20+,33-30?,35-27?;. The van der Waals surface area contributed by atoms with Crippen LogP contribution in [0.2, 0.25) is 5.02 Å². The molecule has 0 saturated carbocycles. The van der Waals surface area contributed by atoms with Gasteiger partial charge in [-0.2, -0.15) is 0 Å². The lowest BCUT2D eigenvalue weighted by atomic mass is 9.94. The van der Waals surface area contributed by atoms with Crippen molar-refractivity contribution in [2.45, 2.75) is 6.92 Å². The molecule has 0 unspecified atom stereocenters. The Morgan fingerprint density at radius 3 is 2.29 bits per heavy atom. The van der Waals surface area contributed by atoms with Gasteiger partial charge in [0.15, 0.2) is 0 Å². The highest BCUT2D eigenvalue weighted by atomic mass is 35.5. The van der Waals surface area contributed by atoms with Gasteiger partial charge in [0.05, 0.1) is 27.0 Å². The molecule has 188 valence electrons. The summed E-state index contributed by atoms with van der Waals surface area (Å²) in [5.41, 5.74) is 7.70. The molecular weight excluding hydrogens is 506 g/mol. The Balaban J connectivity index is 0.00000164. The smallest absolute Gasteiger partial charge is 0.0830 e. The molecule has 5 heteroatoms. The monoisotopic (exact) mass is 533 g/mol. The van der Waals surface area contributed by atoms with Gasteiger partial charge in [0, 0.05) is 46.2 Å². The number of allylic oxidation sites excluding steroid dienone is 6. The summed E-state index contributed by atoms with van der Waals surface area (Å²) in [7, 11) is 1.81. The summed E-state index contributed by atoms with van der Waals surface area (Å²) in [5.74, 6) is 0. The molecule has 2 heterocycles. The molecule has 2 aromatic heterocycles. The number of thiophene rings is 1. The molecule has 1 aliphatic rings. The van der Waals surface area contributed by atoms with Crippen LogP contribution in [0.25, 0.3) is 21.4 Å². The first kappa shape index (κ1) is 26.9. The molecule has 3 nitrogen and oxygen atoms in total. The maximum Gasteiger partial charge on any atom is 0.0830 e. The summed E-state index contributed by atoms with van der Waals surface area (Å²) < 4.78 is 1.16. The fourth-order valence-electron chi connectivity index (χ4n) is 4.19. The molecule has 0 spiro atoms. The van der Waals surface area contributed by atoms with Gasteiger partial charge in [0.25, 0.3) is 0 Å². The van der Waals surface area contributed by atoms with Crippen LogP contribution >= 0.6 is 22.9 Å². The van der Waals surface area contributed by atoms with Crippen molar-refractivity contribution in [1.29, 1.82) is 0 Å². The zero-order valence-electron chi connectivity index (χ0n) is 21.5. The maximum atomic E-state index is 6.75. The number of hydrogen-bond acceptors (Lipinski definition) is 4. The van der Waals surface area contributed by atoms with Crippen molar-refractivity contribution in [3.8, 4) is 0 Å². The van der Waals surface area contributed by atoms with Gasteiger partial charge < -0.3 is 0 Å². The van der Waals surface area contributed by atoms with Crippen molar-refractivity contribution in [3.05, 3.63) is 149 Å². The lowest BCUT2D eigenvalue weighted by Gasteiger charge is -2.14. The van der Waals surface area contributed by atoms with Gasteiger partial charge in [-0.05, 0) is 42.3 Å². The predicted octanol–water partition coefficient (Wildman–Crippen LogP) is 9.23. The van der Waals surface area contributed by atoms with E-state index in [-0.39, 0.29) is 0 Å². The summed E-state index contributed by atoms with van der Waals surface area (Å²) in [6, 6.07) is 20.5. The van der Waals surface area contributed by atoms with Gasteiger partial charge in [-0.1, -0.05) is 78.9 Å². The van der Waals surface area contributed by atoms with Crippen LogP contribution in [0.1, 0.15) is 28.5 Å². The van der Waals surface area contributed by atoms with Crippen molar-refractivity contribution < 1.29 is 0 Å². The molecule has 0 N–H and O–H groups in total. The van der Waals surface area contributed by atoms with E-state index < -0.39 is 0 Å². The molecule has 38 heavy (non-hydrogen) atoms. The Kier molecular flexibility index (Phi) is 8.80. The first-order chi connectivity index (χ1) is 18.6. The normalized spacial score (nSPS) is 15.3. The zero-order valence-corrected chi connectivity index (χ0v) is 23.1. The van der Waals surface area contributed by atoms with Crippen LogP contribution in [-0.4, -0.2) is 23.5 Å². The van der Waals surface area contributed by atoms with Crippen molar-refractivity contribution in [2.75, 3.05) is 7.05 Å². The third-order valence-corrected chi connectivity index (χ3v) is 7.81. The fraction of sp³-hybridized carbons (Fsp3) is 0.0606. The third-order valence-electron chi connectivity index (χ3n) is 6.12. The molecule has 1 aliphatic carbocycles. The SMILES string of the molecule is C=C.C=C(N=C1C=CC=C/C1=C(/C)c1ccc(C(=NC)c2sc3ccccc3c2Cl)cc1)c1cccnc1. The Morgan fingerprint density at radius 2 is 1.61 bits per heavy atom. The van der Waals surface area contributed by atoms with Gasteiger partial charge in [-0.25, -0.2) is 4.99 Å². The maximum absolute atomic E-state index is 6.75. The first-order valence-electron chi connectivity index (χ1n) is 12.1. The summed E-state index contributed by atoms with van der Waals surface area (Å²) in [4.78, 5) is 14.6. The number of aromatic nitrogens is 1.